The van der Waals surface area contributed by atoms with Crippen molar-refractivity contribution in [1.82, 2.24) is 4.72 Å². The Hall–Kier alpha value is -0.0200. The molecule has 0 saturated heterocycles. The van der Waals surface area contributed by atoms with E-state index in [0.717, 1.165) is 0 Å². The smallest absolute Gasteiger partial charge is 0.0312 e. The molecule has 1 atom stereocenters. The largest absolute Gasteiger partial charge is 0.253 e. The Morgan fingerprint density at radius 2 is 2.11 bits per heavy atom. The standard InChI is InChI=1S/C6H15NOS/c1-6(2)5-9(4,8)7-3/h6H,4-5H2,1-3H3,(H,7,8). The van der Waals surface area contributed by atoms with Crippen molar-refractivity contribution in [2.75, 3.05) is 12.8 Å². The average molecular weight is 149 g/mol. The lowest BCUT2D eigenvalue weighted by atomic mass is 10.3. The lowest BCUT2D eigenvalue weighted by Crippen LogP contribution is -2.24. The third-order valence-corrected chi connectivity index (χ3v) is 2.92. The fraction of sp³-hybridized carbons (Fsp3) is 0.833. The van der Waals surface area contributed by atoms with E-state index in [1.807, 2.05) is 13.8 Å². The minimum atomic E-state index is -1.97. The van der Waals surface area contributed by atoms with Crippen LogP contribution >= 0.6 is 0 Å². The number of rotatable bonds is 3. The summed E-state index contributed by atoms with van der Waals surface area (Å²) in [6.07, 6.45) is 0. The normalized spacial score (nSPS) is 17.8. The van der Waals surface area contributed by atoms with Crippen LogP contribution in [0.5, 0.6) is 0 Å². The van der Waals surface area contributed by atoms with E-state index in [1.165, 1.54) is 0 Å². The van der Waals surface area contributed by atoms with Gasteiger partial charge in [-0.25, -0.2) is 4.72 Å². The molecule has 0 saturated carbocycles. The van der Waals surface area contributed by atoms with Crippen LogP contribution in [0.25, 0.3) is 0 Å². The highest BCUT2D eigenvalue weighted by Crippen LogP contribution is 1.95. The van der Waals surface area contributed by atoms with Crippen LogP contribution in [0.15, 0.2) is 0 Å². The van der Waals surface area contributed by atoms with Crippen LogP contribution in [0.2, 0.25) is 0 Å². The molecule has 0 spiro atoms. The second-order valence-corrected chi connectivity index (χ2v) is 4.94. The molecular formula is C6H15NOS. The van der Waals surface area contributed by atoms with Gasteiger partial charge in [0.05, 0.1) is 0 Å². The van der Waals surface area contributed by atoms with Crippen molar-refractivity contribution in [3.05, 3.63) is 0 Å². The van der Waals surface area contributed by atoms with E-state index >= 15 is 0 Å². The van der Waals surface area contributed by atoms with E-state index < -0.39 is 9.71 Å². The van der Waals surface area contributed by atoms with E-state index in [-0.39, 0.29) is 0 Å². The van der Waals surface area contributed by atoms with Gasteiger partial charge in [-0.2, -0.15) is 0 Å². The lowest BCUT2D eigenvalue weighted by Gasteiger charge is -2.08. The highest BCUT2D eigenvalue weighted by atomic mass is 32.2. The highest BCUT2D eigenvalue weighted by molar-refractivity contribution is 7.98. The summed E-state index contributed by atoms with van der Waals surface area (Å²) in [4.78, 5) is 0. The van der Waals surface area contributed by atoms with Gasteiger partial charge in [0.25, 0.3) is 0 Å². The molecule has 0 heterocycles. The zero-order valence-corrected chi connectivity index (χ0v) is 7.12. The van der Waals surface area contributed by atoms with Crippen LogP contribution in [0.1, 0.15) is 13.8 Å². The Morgan fingerprint density at radius 3 is 2.22 bits per heavy atom. The summed E-state index contributed by atoms with van der Waals surface area (Å²) in [6.45, 7) is 4.06. The fourth-order valence-corrected chi connectivity index (χ4v) is 1.87. The van der Waals surface area contributed by atoms with Crippen molar-refractivity contribution >= 4 is 15.6 Å². The summed E-state index contributed by atoms with van der Waals surface area (Å²) < 4.78 is 13.8. The molecule has 1 unspecified atom stereocenters. The average Bonchev–Trinajstić information content (AvgIpc) is 1.63. The van der Waals surface area contributed by atoms with Crippen molar-refractivity contribution in [1.29, 1.82) is 0 Å². The number of hydrogen-bond donors (Lipinski definition) is 1. The molecule has 0 aromatic heterocycles. The molecule has 0 fully saturated rings. The zero-order valence-electron chi connectivity index (χ0n) is 6.31. The van der Waals surface area contributed by atoms with Crippen LogP contribution in [0, 0.1) is 5.92 Å². The third kappa shape index (κ3) is 4.48. The van der Waals surface area contributed by atoms with E-state index in [1.54, 1.807) is 7.05 Å². The van der Waals surface area contributed by atoms with Gasteiger partial charge in [-0.05, 0) is 18.8 Å². The molecule has 0 aliphatic heterocycles. The molecule has 0 radical (unpaired) electrons. The molecule has 1 N–H and O–H groups in total. The first-order valence-corrected chi connectivity index (χ1v) is 4.91. The molecule has 0 aliphatic rings. The molecule has 0 amide bonds. The second-order valence-electron chi connectivity index (χ2n) is 2.58. The topological polar surface area (TPSA) is 29.1 Å². The van der Waals surface area contributed by atoms with E-state index in [4.69, 9.17) is 0 Å². The van der Waals surface area contributed by atoms with Crippen LogP contribution in [-0.4, -0.2) is 22.9 Å². The molecule has 9 heavy (non-hydrogen) atoms. The van der Waals surface area contributed by atoms with Gasteiger partial charge in [0.15, 0.2) is 0 Å². The predicted octanol–water partition coefficient (Wildman–Crippen LogP) is 0.493. The summed E-state index contributed by atoms with van der Waals surface area (Å²) in [5.74, 6) is 4.65. The number of hydrogen-bond acceptors (Lipinski definition) is 1. The van der Waals surface area contributed by atoms with Gasteiger partial charge in [0, 0.05) is 15.5 Å². The maximum atomic E-state index is 11.1. The maximum absolute atomic E-state index is 11.1. The third-order valence-electron chi connectivity index (χ3n) is 0.975. The number of nitrogens with one attached hydrogen (secondary N) is 1. The Balaban J connectivity index is 3.90. The van der Waals surface area contributed by atoms with E-state index in [2.05, 4.69) is 10.6 Å². The molecule has 0 rings (SSSR count). The first kappa shape index (κ1) is 8.98. The SMILES string of the molecule is C=S(=O)(CC(C)C)NC. The van der Waals surface area contributed by atoms with Gasteiger partial charge in [-0.1, -0.05) is 13.8 Å². The molecule has 0 aliphatic carbocycles. The Kier molecular flexibility index (Phi) is 3.22. The quantitative estimate of drug-likeness (QED) is 0.581. The molecule has 2 nitrogen and oxygen atoms in total. The first-order valence-electron chi connectivity index (χ1n) is 3.01. The second kappa shape index (κ2) is 3.22. The van der Waals surface area contributed by atoms with Crippen molar-refractivity contribution in [3.63, 3.8) is 0 Å². The monoisotopic (exact) mass is 149 g/mol. The maximum Gasteiger partial charge on any atom is 0.0312 e. The lowest BCUT2D eigenvalue weighted by molar-refractivity contribution is 0.657. The van der Waals surface area contributed by atoms with E-state index in [0.29, 0.717) is 11.7 Å². The predicted molar refractivity (Wildman–Crippen MR) is 44.0 cm³/mol. The fourth-order valence-electron chi connectivity index (χ4n) is 0.622. The van der Waals surface area contributed by atoms with Gasteiger partial charge >= 0.3 is 0 Å². The zero-order chi connectivity index (χ0) is 7.49. The van der Waals surface area contributed by atoms with Gasteiger partial charge in [0.2, 0.25) is 0 Å². The summed E-state index contributed by atoms with van der Waals surface area (Å²) in [6, 6.07) is 0. The Morgan fingerprint density at radius 1 is 1.67 bits per heavy atom. The van der Waals surface area contributed by atoms with E-state index in [9.17, 15) is 4.21 Å². The molecule has 3 heteroatoms. The first-order chi connectivity index (χ1) is 3.98. The molecular weight excluding hydrogens is 134 g/mol. The molecule has 0 aromatic carbocycles. The van der Waals surface area contributed by atoms with Crippen LogP contribution in [0.4, 0.5) is 0 Å². The van der Waals surface area contributed by atoms with Crippen molar-refractivity contribution < 1.29 is 4.21 Å². The van der Waals surface area contributed by atoms with Crippen LogP contribution in [-0.2, 0) is 9.71 Å². The van der Waals surface area contributed by atoms with Gasteiger partial charge in [-0.3, -0.25) is 4.21 Å². The summed E-state index contributed by atoms with van der Waals surface area (Å²) in [7, 11) is -0.290. The van der Waals surface area contributed by atoms with Crippen molar-refractivity contribution in [2.45, 2.75) is 13.8 Å². The minimum Gasteiger partial charge on any atom is -0.253 e. The highest BCUT2D eigenvalue weighted by Gasteiger charge is 2.01. The summed E-state index contributed by atoms with van der Waals surface area (Å²) in [5.41, 5.74) is 0. The summed E-state index contributed by atoms with van der Waals surface area (Å²) in [5, 5.41) is 0. The van der Waals surface area contributed by atoms with Gasteiger partial charge in [0.1, 0.15) is 0 Å². The van der Waals surface area contributed by atoms with Crippen molar-refractivity contribution in [3.8, 4) is 0 Å². The molecule has 0 aromatic rings. The van der Waals surface area contributed by atoms with Crippen molar-refractivity contribution in [2.24, 2.45) is 5.92 Å². The molecule has 56 valence electrons. The van der Waals surface area contributed by atoms with Gasteiger partial charge in [-0.15, -0.1) is 0 Å². The van der Waals surface area contributed by atoms with Crippen LogP contribution < -0.4 is 4.72 Å². The molecule has 0 bridgehead atoms. The Bertz CT molecular complexity index is 158. The minimum absolute atomic E-state index is 0.447. The van der Waals surface area contributed by atoms with Crippen LogP contribution in [0.3, 0.4) is 0 Å². The van der Waals surface area contributed by atoms with Gasteiger partial charge < -0.3 is 0 Å². The summed E-state index contributed by atoms with van der Waals surface area (Å²) >= 11 is 0. The Labute approximate surface area is 57.8 Å².